The zero-order valence-electron chi connectivity index (χ0n) is 18.1. The van der Waals surface area contributed by atoms with Gasteiger partial charge in [0.25, 0.3) is 0 Å². The minimum absolute atomic E-state index is 0.216. The minimum atomic E-state index is -0.216. The van der Waals surface area contributed by atoms with Crippen LogP contribution in [0.15, 0.2) is 36.8 Å². The van der Waals surface area contributed by atoms with E-state index in [0.717, 1.165) is 18.7 Å². The SMILES string of the molecule is O=C(CCCN1CCCCCC1)N1CCO[C@@H](c2cccc(Nc3cnccn3)n2)C1. The first-order chi connectivity index (χ1) is 15.3. The van der Waals surface area contributed by atoms with Crippen molar-refractivity contribution < 1.29 is 9.53 Å². The van der Waals surface area contributed by atoms with Gasteiger partial charge in [0.1, 0.15) is 17.7 Å². The Morgan fingerprint density at radius 1 is 1.10 bits per heavy atom. The van der Waals surface area contributed by atoms with E-state index in [4.69, 9.17) is 4.74 Å². The Morgan fingerprint density at radius 3 is 2.77 bits per heavy atom. The fourth-order valence-electron chi connectivity index (χ4n) is 4.22. The standard InChI is InChI=1S/C23H32N6O2/c30-23(9-6-14-28-12-3-1-2-4-13-28)29-15-16-31-20(18-29)19-7-5-8-21(26-19)27-22-17-24-10-11-25-22/h5,7-8,10-11,17,20H,1-4,6,9,12-16,18H2,(H,25,26,27)/t20-/m1/s1. The summed E-state index contributed by atoms with van der Waals surface area (Å²) in [7, 11) is 0. The van der Waals surface area contributed by atoms with E-state index in [2.05, 4.69) is 25.2 Å². The van der Waals surface area contributed by atoms with Crippen LogP contribution in [0.25, 0.3) is 0 Å². The summed E-state index contributed by atoms with van der Waals surface area (Å²) < 4.78 is 5.94. The lowest BCUT2D eigenvalue weighted by atomic mass is 10.1. The maximum Gasteiger partial charge on any atom is 0.222 e. The van der Waals surface area contributed by atoms with E-state index in [1.54, 1.807) is 18.6 Å². The summed E-state index contributed by atoms with van der Waals surface area (Å²) in [6.07, 6.45) is 11.5. The molecule has 4 rings (SSSR count). The molecule has 0 aromatic carbocycles. The zero-order chi connectivity index (χ0) is 21.3. The number of carbonyl (C=O) groups is 1. The molecule has 2 aliphatic rings. The van der Waals surface area contributed by atoms with E-state index in [1.807, 2.05) is 23.1 Å². The lowest BCUT2D eigenvalue weighted by Gasteiger charge is -2.33. The first kappa shape index (κ1) is 21.6. The highest BCUT2D eigenvalue weighted by molar-refractivity contribution is 5.76. The van der Waals surface area contributed by atoms with Gasteiger partial charge in [0.2, 0.25) is 5.91 Å². The molecular formula is C23H32N6O2. The van der Waals surface area contributed by atoms with Gasteiger partial charge in [0.15, 0.2) is 0 Å². The molecule has 0 radical (unpaired) electrons. The topological polar surface area (TPSA) is 83.5 Å². The average Bonchev–Trinajstić information content (AvgIpc) is 3.09. The number of carbonyl (C=O) groups excluding carboxylic acids is 1. The number of aromatic nitrogens is 3. The summed E-state index contributed by atoms with van der Waals surface area (Å²) in [5, 5.41) is 3.16. The van der Waals surface area contributed by atoms with Crippen molar-refractivity contribution in [2.24, 2.45) is 0 Å². The summed E-state index contributed by atoms with van der Waals surface area (Å²) in [4.78, 5) is 30.2. The van der Waals surface area contributed by atoms with E-state index < -0.39 is 0 Å². The molecule has 2 aromatic rings. The molecule has 8 heteroatoms. The molecule has 1 atom stereocenters. The molecule has 0 bridgehead atoms. The monoisotopic (exact) mass is 424 g/mol. The molecule has 1 amide bonds. The van der Waals surface area contributed by atoms with Crippen LogP contribution >= 0.6 is 0 Å². The van der Waals surface area contributed by atoms with Crippen molar-refractivity contribution in [3.05, 3.63) is 42.5 Å². The quantitative estimate of drug-likeness (QED) is 0.731. The fourth-order valence-corrected chi connectivity index (χ4v) is 4.22. The van der Waals surface area contributed by atoms with Crippen LogP contribution in [0.2, 0.25) is 0 Å². The lowest BCUT2D eigenvalue weighted by Crippen LogP contribution is -2.42. The van der Waals surface area contributed by atoms with E-state index in [1.165, 1.54) is 38.8 Å². The number of anilines is 2. The number of rotatable bonds is 7. The molecule has 0 aliphatic carbocycles. The zero-order valence-corrected chi connectivity index (χ0v) is 18.1. The van der Waals surface area contributed by atoms with Crippen LogP contribution in [0.3, 0.4) is 0 Å². The summed E-state index contributed by atoms with van der Waals surface area (Å²) in [5.74, 6) is 1.54. The Morgan fingerprint density at radius 2 is 1.97 bits per heavy atom. The van der Waals surface area contributed by atoms with Crippen molar-refractivity contribution in [2.45, 2.75) is 44.6 Å². The van der Waals surface area contributed by atoms with Crippen LogP contribution in [0.4, 0.5) is 11.6 Å². The van der Waals surface area contributed by atoms with Gasteiger partial charge in [-0.05, 0) is 51.0 Å². The summed E-state index contributed by atoms with van der Waals surface area (Å²) in [6.45, 7) is 5.11. The van der Waals surface area contributed by atoms with Crippen molar-refractivity contribution in [1.29, 1.82) is 0 Å². The van der Waals surface area contributed by atoms with Gasteiger partial charge in [0.05, 0.1) is 25.0 Å². The predicted octanol–water partition coefficient (Wildman–Crippen LogP) is 3.17. The summed E-state index contributed by atoms with van der Waals surface area (Å²) in [6, 6.07) is 5.76. The second kappa shape index (κ2) is 11.2. The van der Waals surface area contributed by atoms with Crippen LogP contribution in [0.1, 0.15) is 50.3 Å². The average molecular weight is 425 g/mol. The van der Waals surface area contributed by atoms with E-state index in [0.29, 0.717) is 37.8 Å². The molecule has 2 aliphatic heterocycles. The Kier molecular flexibility index (Phi) is 7.79. The number of nitrogens with zero attached hydrogens (tertiary/aromatic N) is 5. The van der Waals surface area contributed by atoms with Crippen molar-refractivity contribution in [3.63, 3.8) is 0 Å². The van der Waals surface area contributed by atoms with Gasteiger partial charge in [-0.3, -0.25) is 9.78 Å². The third-order valence-corrected chi connectivity index (χ3v) is 5.90. The van der Waals surface area contributed by atoms with Crippen molar-refractivity contribution >= 4 is 17.5 Å². The first-order valence-electron chi connectivity index (χ1n) is 11.4. The Labute approximate surface area is 184 Å². The van der Waals surface area contributed by atoms with Crippen molar-refractivity contribution in [2.75, 3.05) is 44.6 Å². The smallest absolute Gasteiger partial charge is 0.222 e. The van der Waals surface area contributed by atoms with Gasteiger partial charge in [-0.15, -0.1) is 0 Å². The molecule has 2 fully saturated rings. The van der Waals surface area contributed by atoms with Gasteiger partial charge < -0.3 is 19.9 Å². The number of ether oxygens (including phenoxy) is 1. The Balaban J connectivity index is 1.28. The Bertz CT molecular complexity index is 826. The normalized spacial score (nSPS) is 20.3. The van der Waals surface area contributed by atoms with Gasteiger partial charge in [0, 0.05) is 25.4 Å². The number of morpholine rings is 1. The van der Waals surface area contributed by atoms with Crippen LogP contribution in [0.5, 0.6) is 0 Å². The highest BCUT2D eigenvalue weighted by Crippen LogP contribution is 2.23. The number of hydrogen-bond acceptors (Lipinski definition) is 7. The highest BCUT2D eigenvalue weighted by atomic mass is 16.5. The Hall–Kier alpha value is -2.58. The van der Waals surface area contributed by atoms with Crippen LogP contribution in [-0.2, 0) is 9.53 Å². The van der Waals surface area contributed by atoms with E-state index >= 15 is 0 Å². The third kappa shape index (κ3) is 6.45. The molecule has 2 aromatic heterocycles. The molecule has 8 nitrogen and oxygen atoms in total. The van der Waals surface area contributed by atoms with Gasteiger partial charge in [-0.1, -0.05) is 18.9 Å². The van der Waals surface area contributed by atoms with Gasteiger partial charge in [-0.2, -0.15) is 0 Å². The molecule has 0 unspecified atom stereocenters. The molecule has 0 spiro atoms. The fraction of sp³-hybridized carbons (Fsp3) is 0.565. The number of likely N-dealkylation sites (tertiary alicyclic amines) is 1. The number of amides is 1. The minimum Gasteiger partial charge on any atom is -0.368 e. The van der Waals surface area contributed by atoms with Crippen LogP contribution in [0, 0.1) is 0 Å². The maximum atomic E-state index is 12.8. The predicted molar refractivity (Wildman–Crippen MR) is 119 cm³/mol. The van der Waals surface area contributed by atoms with Gasteiger partial charge in [-0.25, -0.2) is 9.97 Å². The molecule has 31 heavy (non-hydrogen) atoms. The molecule has 0 saturated carbocycles. The van der Waals surface area contributed by atoms with Gasteiger partial charge >= 0.3 is 0 Å². The first-order valence-corrected chi connectivity index (χ1v) is 11.4. The third-order valence-electron chi connectivity index (χ3n) is 5.90. The van der Waals surface area contributed by atoms with Crippen LogP contribution < -0.4 is 5.32 Å². The maximum absolute atomic E-state index is 12.8. The van der Waals surface area contributed by atoms with Crippen molar-refractivity contribution in [1.82, 2.24) is 24.8 Å². The largest absolute Gasteiger partial charge is 0.368 e. The second-order valence-electron chi connectivity index (χ2n) is 8.22. The van der Waals surface area contributed by atoms with E-state index in [9.17, 15) is 4.79 Å². The lowest BCUT2D eigenvalue weighted by molar-refractivity contribution is -0.139. The summed E-state index contributed by atoms with van der Waals surface area (Å²) >= 11 is 0. The van der Waals surface area contributed by atoms with Crippen LogP contribution in [-0.4, -0.2) is 70.0 Å². The number of hydrogen-bond donors (Lipinski definition) is 1. The number of pyridine rings is 1. The molecule has 2 saturated heterocycles. The molecular weight excluding hydrogens is 392 g/mol. The summed E-state index contributed by atoms with van der Waals surface area (Å²) in [5.41, 5.74) is 0.816. The molecule has 1 N–H and O–H groups in total. The van der Waals surface area contributed by atoms with E-state index in [-0.39, 0.29) is 12.0 Å². The molecule has 166 valence electrons. The molecule has 4 heterocycles. The van der Waals surface area contributed by atoms with Crippen molar-refractivity contribution in [3.8, 4) is 0 Å². The number of nitrogens with one attached hydrogen (secondary N) is 1. The highest BCUT2D eigenvalue weighted by Gasteiger charge is 2.26. The second-order valence-corrected chi connectivity index (χ2v) is 8.22.